The van der Waals surface area contributed by atoms with Crippen molar-refractivity contribution in [1.29, 1.82) is 0 Å². The summed E-state index contributed by atoms with van der Waals surface area (Å²) >= 11 is 21.1. The van der Waals surface area contributed by atoms with Crippen molar-refractivity contribution >= 4 is 56.4 Å². The summed E-state index contributed by atoms with van der Waals surface area (Å²) in [6.45, 7) is 5.87. The van der Waals surface area contributed by atoms with E-state index in [9.17, 15) is 13.2 Å². The van der Waals surface area contributed by atoms with Crippen LogP contribution < -0.4 is 0 Å². The minimum Gasteiger partial charge on any atom is -0.374 e. The molecule has 28 heavy (non-hydrogen) atoms. The van der Waals surface area contributed by atoms with E-state index in [0.717, 1.165) is 22.2 Å². The lowest BCUT2D eigenvalue weighted by Crippen LogP contribution is -2.42. The topological polar surface area (TPSA) is 21.6 Å². The quantitative estimate of drug-likeness (QED) is 0.367. The largest absolute Gasteiger partial charge is 0.435 e. The lowest BCUT2D eigenvalue weighted by molar-refractivity contribution is -0.275. The van der Waals surface area contributed by atoms with Gasteiger partial charge in [-0.2, -0.15) is 13.2 Å². The van der Waals surface area contributed by atoms with Gasteiger partial charge >= 0.3 is 6.18 Å². The van der Waals surface area contributed by atoms with Crippen molar-refractivity contribution in [2.45, 2.75) is 39.0 Å². The molecular formula is C19H16BrCl3F3NO. The molecule has 3 rings (SSSR count). The minimum absolute atomic E-state index is 0.0176. The highest BCUT2D eigenvalue weighted by Crippen LogP contribution is 2.50. The third-order valence-corrected chi connectivity index (χ3v) is 6.19. The highest BCUT2D eigenvalue weighted by Gasteiger charge is 2.62. The van der Waals surface area contributed by atoms with Crippen LogP contribution in [0.4, 0.5) is 13.2 Å². The second-order valence-corrected chi connectivity index (χ2v) is 7.90. The molecule has 152 valence electrons. The first-order chi connectivity index (χ1) is 13.0. The summed E-state index contributed by atoms with van der Waals surface area (Å²) in [6.07, 6.45) is -5.26. The molecule has 1 unspecified atom stereocenters. The van der Waals surface area contributed by atoms with Crippen molar-refractivity contribution in [3.05, 3.63) is 66.6 Å². The number of hydrogen-bond acceptors (Lipinski definition) is 2. The predicted molar refractivity (Wildman–Crippen MR) is 112 cm³/mol. The summed E-state index contributed by atoms with van der Waals surface area (Å²) in [4.78, 5) is 4.97. The Balaban J connectivity index is 0.00000136. The van der Waals surface area contributed by atoms with Gasteiger partial charge in [-0.05, 0) is 30.7 Å². The molecule has 2 aromatic carbocycles. The molecule has 0 aromatic heterocycles. The van der Waals surface area contributed by atoms with Crippen molar-refractivity contribution < 1.29 is 18.0 Å². The maximum atomic E-state index is 14.0. The fraction of sp³-hybridized carbons (Fsp3) is 0.316. The minimum atomic E-state index is -4.75. The number of aryl methyl sites for hydroxylation is 1. The van der Waals surface area contributed by atoms with E-state index in [4.69, 9.17) is 39.6 Å². The van der Waals surface area contributed by atoms with Crippen molar-refractivity contribution in [3.8, 4) is 0 Å². The molecule has 1 atom stereocenters. The maximum absolute atomic E-state index is 14.0. The van der Waals surface area contributed by atoms with E-state index in [1.54, 1.807) is 18.2 Å². The fourth-order valence-corrected chi connectivity index (χ4v) is 3.59. The zero-order valence-corrected chi connectivity index (χ0v) is 18.9. The number of hydrogen-bond donors (Lipinski definition) is 0. The Morgan fingerprint density at radius 2 is 1.64 bits per heavy atom. The SMILES string of the molecule is CC.Cc1ccc(C2=NOC(c3cc(Cl)c(Cl)c(Cl)c3)(C(F)(F)F)C2)cc1Br. The zero-order valence-electron chi connectivity index (χ0n) is 15.1. The third-order valence-electron chi connectivity index (χ3n) is 4.14. The fourth-order valence-electron chi connectivity index (χ4n) is 2.62. The second kappa shape index (κ2) is 8.82. The first-order valence-corrected chi connectivity index (χ1v) is 10.2. The van der Waals surface area contributed by atoms with Gasteiger partial charge in [0, 0.05) is 22.0 Å². The van der Waals surface area contributed by atoms with Gasteiger partial charge < -0.3 is 4.84 Å². The van der Waals surface area contributed by atoms with Crippen LogP contribution in [0, 0.1) is 6.92 Å². The number of nitrogens with zero attached hydrogens (tertiary/aromatic N) is 1. The van der Waals surface area contributed by atoms with E-state index in [-0.39, 0.29) is 26.3 Å². The number of alkyl halides is 3. The van der Waals surface area contributed by atoms with Crippen molar-refractivity contribution in [2.75, 3.05) is 0 Å². The van der Waals surface area contributed by atoms with Crippen molar-refractivity contribution in [1.82, 2.24) is 0 Å². The number of oxime groups is 1. The zero-order chi connectivity index (χ0) is 21.3. The van der Waals surface area contributed by atoms with Crippen LogP contribution in [0.2, 0.25) is 15.1 Å². The van der Waals surface area contributed by atoms with Crippen molar-refractivity contribution in [2.24, 2.45) is 5.16 Å². The van der Waals surface area contributed by atoms with Crippen LogP contribution in [-0.4, -0.2) is 11.9 Å². The Kier molecular flexibility index (Phi) is 7.35. The molecule has 2 nitrogen and oxygen atoms in total. The molecule has 0 spiro atoms. The standard InChI is InChI=1S/C17H10BrCl3F3NO.C2H6/c1-8-2-3-9(4-11(8)18)14-7-16(26-25-14,17(22,23)24)10-5-12(19)15(21)13(20)6-10;1-2/h2-6H,7H2,1H3;1-2H3. The highest BCUT2D eigenvalue weighted by molar-refractivity contribution is 9.10. The van der Waals surface area contributed by atoms with Gasteiger partial charge in [0.2, 0.25) is 0 Å². The molecule has 0 bridgehead atoms. The van der Waals surface area contributed by atoms with Crippen molar-refractivity contribution in [3.63, 3.8) is 0 Å². The molecule has 9 heteroatoms. The molecule has 0 aliphatic carbocycles. The first kappa shape index (κ1) is 23.3. The van der Waals surface area contributed by atoms with Gasteiger partial charge in [-0.25, -0.2) is 0 Å². The Bertz CT molecular complexity index is 895. The Morgan fingerprint density at radius 1 is 1.07 bits per heavy atom. The summed E-state index contributed by atoms with van der Waals surface area (Å²) in [6, 6.07) is 7.38. The first-order valence-electron chi connectivity index (χ1n) is 8.28. The van der Waals surface area contributed by atoms with Crippen LogP contribution in [0.25, 0.3) is 0 Å². The van der Waals surface area contributed by atoms with Gasteiger partial charge in [-0.15, -0.1) is 0 Å². The molecule has 0 radical (unpaired) electrons. The summed E-state index contributed by atoms with van der Waals surface area (Å²) < 4.78 is 42.7. The van der Waals surface area contributed by atoms with Gasteiger partial charge in [0.25, 0.3) is 5.60 Å². The molecule has 0 fully saturated rings. The van der Waals surface area contributed by atoms with Gasteiger partial charge in [0.1, 0.15) is 0 Å². The van der Waals surface area contributed by atoms with Gasteiger partial charge in [0.15, 0.2) is 0 Å². The van der Waals surface area contributed by atoms with Gasteiger partial charge in [-0.3, -0.25) is 0 Å². The molecular weight excluding hydrogens is 501 g/mol. The van der Waals surface area contributed by atoms with Crippen LogP contribution in [0.15, 0.2) is 40.0 Å². The second-order valence-electron chi connectivity index (χ2n) is 5.85. The third kappa shape index (κ3) is 4.30. The Hall–Kier alpha value is -0.950. The lowest BCUT2D eigenvalue weighted by Gasteiger charge is -2.30. The summed E-state index contributed by atoms with van der Waals surface area (Å²) in [5, 5.41) is 3.51. The van der Waals surface area contributed by atoms with E-state index in [0.29, 0.717) is 5.56 Å². The molecule has 0 saturated heterocycles. The molecule has 1 aliphatic rings. The average molecular weight is 518 g/mol. The van der Waals surface area contributed by atoms with Crippen LogP contribution in [0.3, 0.4) is 0 Å². The smallest absolute Gasteiger partial charge is 0.374 e. The summed E-state index contributed by atoms with van der Waals surface area (Å²) in [5.41, 5.74) is -1.29. The molecule has 0 saturated carbocycles. The maximum Gasteiger partial charge on any atom is 0.435 e. The summed E-state index contributed by atoms with van der Waals surface area (Å²) in [7, 11) is 0. The monoisotopic (exact) mass is 515 g/mol. The Labute approximate surface area is 184 Å². The predicted octanol–water partition coefficient (Wildman–Crippen LogP) is 8.33. The Morgan fingerprint density at radius 3 is 2.14 bits per heavy atom. The van der Waals surface area contributed by atoms with Crippen LogP contribution in [-0.2, 0) is 10.4 Å². The van der Waals surface area contributed by atoms with E-state index in [1.165, 1.54) is 0 Å². The van der Waals surface area contributed by atoms with E-state index >= 15 is 0 Å². The number of benzene rings is 2. The highest BCUT2D eigenvalue weighted by atomic mass is 79.9. The van der Waals surface area contributed by atoms with E-state index in [1.807, 2.05) is 20.8 Å². The average Bonchev–Trinajstić information content (AvgIpc) is 3.10. The molecule has 1 aliphatic heterocycles. The number of rotatable bonds is 2. The van der Waals surface area contributed by atoms with E-state index in [2.05, 4.69) is 21.1 Å². The normalized spacial score (nSPS) is 18.9. The molecule has 0 amide bonds. The molecule has 2 aromatic rings. The van der Waals surface area contributed by atoms with Crippen LogP contribution >= 0.6 is 50.7 Å². The van der Waals surface area contributed by atoms with Gasteiger partial charge in [-0.1, -0.05) is 81.9 Å². The van der Waals surface area contributed by atoms with Gasteiger partial charge in [0.05, 0.1) is 20.8 Å². The van der Waals surface area contributed by atoms with Crippen LogP contribution in [0.1, 0.15) is 37.0 Å². The number of halogens is 7. The lowest BCUT2D eigenvalue weighted by atomic mass is 9.86. The molecule has 0 N–H and O–H groups in total. The van der Waals surface area contributed by atoms with Crippen LogP contribution in [0.5, 0.6) is 0 Å². The van der Waals surface area contributed by atoms with E-state index < -0.39 is 18.2 Å². The molecule has 1 heterocycles. The summed E-state index contributed by atoms with van der Waals surface area (Å²) in [5.74, 6) is 0.